The second-order valence-electron chi connectivity index (χ2n) is 11.2. The van der Waals surface area contributed by atoms with Gasteiger partial charge in [-0.25, -0.2) is 14.5 Å². The zero-order valence-corrected chi connectivity index (χ0v) is 27.2. The van der Waals surface area contributed by atoms with E-state index < -0.39 is 25.3 Å². The summed E-state index contributed by atoms with van der Waals surface area (Å²) in [5.74, 6) is 0.635. The van der Waals surface area contributed by atoms with Crippen LogP contribution in [0.1, 0.15) is 66.6 Å². The van der Waals surface area contributed by atoms with Gasteiger partial charge in [-0.1, -0.05) is 38.0 Å². The number of hydrogen-bond donors (Lipinski definition) is 2. The monoisotopic (exact) mass is 626 g/mol. The molecule has 0 aliphatic rings. The number of benzene rings is 1. The Labute approximate surface area is 258 Å². The molecular weight excluding hydrogens is 583 g/mol. The second kappa shape index (κ2) is 14.5. The van der Waals surface area contributed by atoms with Crippen LogP contribution in [0.15, 0.2) is 48.8 Å². The summed E-state index contributed by atoms with van der Waals surface area (Å²) in [7, 11) is -4.16. The van der Waals surface area contributed by atoms with Crippen LogP contribution in [0.2, 0.25) is 0 Å². The summed E-state index contributed by atoms with van der Waals surface area (Å²) in [6, 6.07) is 9.89. The lowest BCUT2D eigenvalue weighted by molar-refractivity contribution is -0.149. The highest BCUT2D eigenvalue weighted by Gasteiger charge is 2.39. The topological polar surface area (TPSA) is 153 Å². The second-order valence-corrected chi connectivity index (χ2v) is 12.9. The van der Waals surface area contributed by atoms with Gasteiger partial charge in [0.1, 0.15) is 29.7 Å². The molecule has 13 heteroatoms. The molecule has 0 unspecified atom stereocenters. The van der Waals surface area contributed by atoms with Crippen molar-refractivity contribution in [2.45, 2.75) is 85.1 Å². The number of pyridine rings is 2. The molecule has 238 valence electrons. The predicted octanol–water partition coefficient (Wildman–Crippen LogP) is 6.14. The molecule has 0 saturated carbocycles. The van der Waals surface area contributed by atoms with Crippen molar-refractivity contribution in [2.75, 3.05) is 18.9 Å². The number of aromatic nitrogens is 4. The zero-order valence-electron chi connectivity index (χ0n) is 26.3. The van der Waals surface area contributed by atoms with Crippen molar-refractivity contribution >= 4 is 41.5 Å². The van der Waals surface area contributed by atoms with E-state index in [2.05, 4.69) is 26.5 Å². The number of nitrogens with two attached hydrogens (primary N) is 1. The first-order valence-corrected chi connectivity index (χ1v) is 16.5. The fourth-order valence-electron chi connectivity index (χ4n) is 5.00. The molecule has 0 fully saturated rings. The summed E-state index contributed by atoms with van der Waals surface area (Å²) in [6.45, 7) is 11.7. The van der Waals surface area contributed by atoms with Crippen LogP contribution in [-0.2, 0) is 35.5 Å². The van der Waals surface area contributed by atoms with E-state index in [0.717, 1.165) is 29.3 Å². The molecule has 0 radical (unpaired) electrons. The Morgan fingerprint density at radius 3 is 2.52 bits per heavy atom. The summed E-state index contributed by atoms with van der Waals surface area (Å²) in [5.41, 5.74) is 7.72. The molecule has 3 aromatic heterocycles. The number of unbranched alkanes of at least 4 members (excludes halogenated alkanes) is 1. The molecule has 0 aliphatic carbocycles. The van der Waals surface area contributed by atoms with Gasteiger partial charge in [-0.2, -0.15) is 5.09 Å². The molecule has 4 rings (SSSR count). The van der Waals surface area contributed by atoms with Crippen LogP contribution >= 0.6 is 7.75 Å². The third kappa shape index (κ3) is 7.74. The fraction of sp³-hybridized carbons (Fsp3) is 0.484. The maximum atomic E-state index is 14.4. The van der Waals surface area contributed by atoms with Gasteiger partial charge in [-0.3, -0.25) is 14.3 Å². The van der Waals surface area contributed by atoms with Crippen LogP contribution in [0, 0.1) is 0 Å². The summed E-state index contributed by atoms with van der Waals surface area (Å²) in [6.07, 6.45) is 5.08. The molecule has 44 heavy (non-hydrogen) atoms. The molecule has 3 heterocycles. The zero-order chi connectivity index (χ0) is 31.9. The number of nitrogen functional groups attached to an aromatic ring is 1. The Hall–Kier alpha value is -3.57. The van der Waals surface area contributed by atoms with E-state index in [1.807, 2.05) is 38.1 Å². The van der Waals surface area contributed by atoms with Gasteiger partial charge in [0.25, 0.3) is 0 Å². The minimum atomic E-state index is -4.16. The number of anilines is 1. The minimum Gasteiger partial charge on any atom is -0.462 e. The number of carbonyl (C=O) groups is 1. The van der Waals surface area contributed by atoms with E-state index in [1.165, 1.54) is 12.4 Å². The van der Waals surface area contributed by atoms with E-state index in [9.17, 15) is 9.36 Å². The number of fused-ring (bicyclic) bond motifs is 3. The SMILES string of the molecule is CCCC[C@](C)(CO[P@@](=O)(N[C@@H](C)C(=O)OC(C)C)Oc1ccncc1)n1c(COCC)nc2c(N)nc3ccccc3c21. The molecule has 0 amide bonds. The summed E-state index contributed by atoms with van der Waals surface area (Å²) >= 11 is 0. The molecule has 3 N–H and O–H groups in total. The van der Waals surface area contributed by atoms with E-state index >= 15 is 0 Å². The lowest BCUT2D eigenvalue weighted by Crippen LogP contribution is -2.40. The number of imidazole rings is 1. The summed E-state index contributed by atoms with van der Waals surface area (Å²) in [5, 5.41) is 3.65. The first kappa shape index (κ1) is 33.3. The fourth-order valence-corrected chi connectivity index (χ4v) is 6.61. The van der Waals surface area contributed by atoms with Crippen LogP contribution in [0.25, 0.3) is 21.9 Å². The van der Waals surface area contributed by atoms with Crippen molar-refractivity contribution < 1.29 is 27.9 Å². The van der Waals surface area contributed by atoms with Crippen LogP contribution in [0.3, 0.4) is 0 Å². The van der Waals surface area contributed by atoms with Crippen molar-refractivity contribution in [3.63, 3.8) is 0 Å². The average Bonchev–Trinajstić information content (AvgIpc) is 3.39. The lowest BCUT2D eigenvalue weighted by Gasteiger charge is -2.35. The highest BCUT2D eigenvalue weighted by Crippen LogP contribution is 2.47. The van der Waals surface area contributed by atoms with Crippen molar-refractivity contribution in [2.24, 2.45) is 0 Å². The van der Waals surface area contributed by atoms with Gasteiger partial charge >= 0.3 is 13.7 Å². The van der Waals surface area contributed by atoms with Gasteiger partial charge in [0.2, 0.25) is 0 Å². The first-order chi connectivity index (χ1) is 21.0. The van der Waals surface area contributed by atoms with Gasteiger partial charge in [-0.05, 0) is 59.2 Å². The Kier molecular flexibility index (Phi) is 11.0. The predicted molar refractivity (Wildman–Crippen MR) is 170 cm³/mol. The number of rotatable bonds is 16. The van der Waals surface area contributed by atoms with Crippen molar-refractivity contribution in [3.8, 4) is 5.75 Å². The van der Waals surface area contributed by atoms with Crippen LogP contribution in [0.4, 0.5) is 5.82 Å². The van der Waals surface area contributed by atoms with Gasteiger partial charge in [0, 0.05) is 24.4 Å². The normalized spacial score (nSPS) is 15.2. The molecule has 0 aliphatic heterocycles. The number of esters is 1. The largest absolute Gasteiger partial charge is 0.462 e. The highest BCUT2D eigenvalue weighted by atomic mass is 31.2. The third-order valence-corrected chi connectivity index (χ3v) is 8.74. The first-order valence-electron chi connectivity index (χ1n) is 15.0. The number of hydrogen-bond acceptors (Lipinski definition) is 10. The maximum Gasteiger partial charge on any atom is 0.459 e. The van der Waals surface area contributed by atoms with Gasteiger partial charge < -0.3 is 24.3 Å². The van der Waals surface area contributed by atoms with Crippen LogP contribution in [0.5, 0.6) is 5.75 Å². The molecule has 3 atom stereocenters. The van der Waals surface area contributed by atoms with Crippen LogP contribution in [-0.4, -0.2) is 50.8 Å². The Bertz CT molecular complexity index is 1610. The number of para-hydroxylation sites is 1. The highest BCUT2D eigenvalue weighted by molar-refractivity contribution is 7.52. The Morgan fingerprint density at radius 2 is 1.84 bits per heavy atom. The lowest BCUT2D eigenvalue weighted by atomic mass is 9.94. The average molecular weight is 627 g/mol. The van der Waals surface area contributed by atoms with Crippen LogP contribution < -0.4 is 15.3 Å². The minimum absolute atomic E-state index is 0.0601. The van der Waals surface area contributed by atoms with E-state index in [0.29, 0.717) is 30.2 Å². The van der Waals surface area contributed by atoms with Gasteiger partial charge in [0.05, 0.1) is 29.3 Å². The number of ether oxygens (including phenoxy) is 2. The number of nitrogens with one attached hydrogen (secondary N) is 1. The summed E-state index contributed by atoms with van der Waals surface area (Å²) in [4.78, 5) is 26.2. The van der Waals surface area contributed by atoms with Crippen molar-refractivity contribution in [3.05, 3.63) is 54.6 Å². The standard InChI is InChI=1S/C31H43N6O6P/c1-7-9-16-31(6,20-41-44(39,43-23-14-17-33-18-15-23)36-22(5)30(38)42-21(3)4)37-26(19-40-8-2)35-27-28(37)24-12-10-11-13-25(24)34-29(27)32/h10-15,17-18,21-22H,7-9,16,19-20H2,1-6H3,(H2,32,34)(H,36,39)/t22-,31+,44-/m0/s1. The molecule has 0 spiro atoms. The number of carbonyl (C=O) groups excluding carboxylic acids is 1. The Morgan fingerprint density at radius 1 is 1.11 bits per heavy atom. The molecule has 12 nitrogen and oxygen atoms in total. The molecule has 4 aromatic rings. The third-order valence-electron chi connectivity index (χ3n) is 7.11. The molecule has 1 aromatic carbocycles. The molecule has 0 bridgehead atoms. The molecule has 0 saturated heterocycles. The van der Waals surface area contributed by atoms with E-state index in [-0.39, 0.29) is 25.1 Å². The van der Waals surface area contributed by atoms with E-state index in [4.69, 9.17) is 29.2 Å². The molecular formula is C31H43N6O6P. The van der Waals surface area contributed by atoms with Gasteiger partial charge in [-0.15, -0.1) is 0 Å². The summed E-state index contributed by atoms with van der Waals surface area (Å²) < 4.78 is 39.8. The Balaban J connectivity index is 1.81. The number of nitrogens with zero attached hydrogens (tertiary/aromatic N) is 4. The smallest absolute Gasteiger partial charge is 0.459 e. The van der Waals surface area contributed by atoms with Gasteiger partial charge in [0.15, 0.2) is 5.82 Å². The van der Waals surface area contributed by atoms with E-state index in [1.54, 1.807) is 32.9 Å². The maximum absolute atomic E-state index is 14.4. The van der Waals surface area contributed by atoms with Crippen molar-refractivity contribution in [1.82, 2.24) is 24.6 Å². The van der Waals surface area contributed by atoms with Crippen molar-refractivity contribution in [1.29, 1.82) is 0 Å². The quantitative estimate of drug-likeness (QED) is 0.109.